The zero-order valence-corrected chi connectivity index (χ0v) is 11.9. The fourth-order valence-electron chi connectivity index (χ4n) is 2.32. The first-order valence-corrected chi connectivity index (χ1v) is 6.96. The number of piperidine rings is 1. The highest BCUT2D eigenvalue weighted by Gasteiger charge is 2.22. The number of likely N-dealkylation sites (tertiary alicyclic amines) is 1. The number of hydrogen-bond donors (Lipinski definition) is 3. The summed E-state index contributed by atoms with van der Waals surface area (Å²) in [4.78, 5) is 27.8. The van der Waals surface area contributed by atoms with Crippen LogP contribution in [0.5, 0.6) is 0 Å². The van der Waals surface area contributed by atoms with E-state index in [1.165, 1.54) is 0 Å². The number of H-pyrrole nitrogens is 1. The van der Waals surface area contributed by atoms with Gasteiger partial charge in [-0.1, -0.05) is 12.2 Å². The molecule has 0 unspecified atom stereocenters. The van der Waals surface area contributed by atoms with Crippen molar-refractivity contribution in [2.75, 3.05) is 19.6 Å². The molecule has 2 heterocycles. The molecule has 0 radical (unpaired) electrons. The van der Waals surface area contributed by atoms with Gasteiger partial charge in [0.25, 0.3) is 5.91 Å². The van der Waals surface area contributed by atoms with Crippen molar-refractivity contribution < 1.29 is 9.59 Å². The second-order valence-corrected chi connectivity index (χ2v) is 5.31. The summed E-state index contributed by atoms with van der Waals surface area (Å²) in [6, 6.07) is 3.57. The number of amides is 2. The van der Waals surface area contributed by atoms with E-state index >= 15 is 0 Å². The number of nitrogens with one attached hydrogen (secondary N) is 2. The molecule has 0 aliphatic carbocycles. The highest BCUT2D eigenvalue weighted by molar-refractivity contribution is 7.71. The molecular weight excluding hydrogens is 276 g/mol. The monoisotopic (exact) mass is 294 g/mol. The minimum absolute atomic E-state index is 0.112. The fraction of sp³-hybridized carbons (Fsp3) is 0.462. The van der Waals surface area contributed by atoms with Crippen molar-refractivity contribution in [3.63, 3.8) is 0 Å². The molecule has 0 bridgehead atoms. The number of carbonyl (C=O) groups excluding carboxylic acids is 2. The van der Waals surface area contributed by atoms with Gasteiger partial charge in [0.1, 0.15) is 4.64 Å². The average molecular weight is 294 g/mol. The Morgan fingerprint density at radius 2 is 2.15 bits per heavy atom. The number of hydrogen-bond acceptors (Lipinski definition) is 4. The third-order valence-corrected chi connectivity index (χ3v) is 3.70. The lowest BCUT2D eigenvalue weighted by molar-refractivity contribution is -0.119. The second-order valence-electron chi connectivity index (χ2n) is 4.90. The summed E-state index contributed by atoms with van der Waals surface area (Å²) in [6.45, 7) is 1.80. The molecule has 2 amide bonds. The normalized spacial score (nSPS) is 16.8. The molecule has 20 heavy (non-hydrogen) atoms. The Hall–Kier alpha value is -1.73. The Kier molecular flexibility index (Phi) is 4.86. The van der Waals surface area contributed by atoms with Gasteiger partial charge in [0.2, 0.25) is 5.91 Å². The van der Waals surface area contributed by atoms with Crippen molar-refractivity contribution in [3.05, 3.63) is 28.5 Å². The molecule has 6 nitrogen and oxygen atoms in total. The summed E-state index contributed by atoms with van der Waals surface area (Å²) in [5, 5.41) is 2.98. The molecule has 1 aliphatic rings. The van der Waals surface area contributed by atoms with Gasteiger partial charge in [-0.2, -0.15) is 0 Å². The number of rotatable bonds is 4. The van der Waals surface area contributed by atoms with Crippen LogP contribution in [-0.4, -0.2) is 47.4 Å². The molecule has 108 valence electrons. The summed E-state index contributed by atoms with van der Waals surface area (Å²) in [6.07, 6.45) is 3.31. The van der Waals surface area contributed by atoms with E-state index < -0.39 is 0 Å². The van der Waals surface area contributed by atoms with Crippen LogP contribution in [0, 0.1) is 4.64 Å². The van der Waals surface area contributed by atoms with E-state index in [9.17, 15) is 9.59 Å². The standard InChI is InChI=1S/C13H18N4O2S/c14-11(18)8-17-6-3-9(4-7-17)16-12(19)10-2-1-5-15-13(10)20/h1-2,5,9H,3-4,6-8H2,(H2,14,18)(H,15,20)(H,16,19). The van der Waals surface area contributed by atoms with E-state index in [4.69, 9.17) is 18.0 Å². The molecule has 1 aromatic rings. The number of aromatic nitrogens is 1. The number of nitrogens with zero attached hydrogens (tertiary/aromatic N) is 1. The van der Waals surface area contributed by atoms with Gasteiger partial charge < -0.3 is 16.0 Å². The van der Waals surface area contributed by atoms with Crippen LogP contribution in [0.25, 0.3) is 0 Å². The number of carbonyl (C=O) groups is 2. The Balaban J connectivity index is 1.87. The lowest BCUT2D eigenvalue weighted by Gasteiger charge is -2.31. The number of primary amides is 1. The molecule has 2 rings (SSSR count). The lowest BCUT2D eigenvalue weighted by Crippen LogP contribution is -2.46. The highest BCUT2D eigenvalue weighted by Crippen LogP contribution is 2.11. The molecule has 1 aliphatic heterocycles. The topological polar surface area (TPSA) is 91.2 Å². The number of pyridine rings is 1. The summed E-state index contributed by atoms with van der Waals surface area (Å²) < 4.78 is 0.441. The number of nitrogens with two attached hydrogens (primary N) is 1. The predicted octanol–water partition coefficient (Wildman–Crippen LogP) is 0.424. The van der Waals surface area contributed by atoms with Crippen LogP contribution < -0.4 is 11.1 Å². The molecule has 7 heteroatoms. The van der Waals surface area contributed by atoms with Gasteiger partial charge in [-0.3, -0.25) is 14.5 Å². The van der Waals surface area contributed by atoms with Crippen LogP contribution in [0.3, 0.4) is 0 Å². The number of aromatic amines is 1. The molecule has 4 N–H and O–H groups in total. The highest BCUT2D eigenvalue weighted by atomic mass is 32.1. The minimum Gasteiger partial charge on any atom is -0.369 e. The molecule has 0 spiro atoms. The molecule has 1 fully saturated rings. The zero-order valence-electron chi connectivity index (χ0n) is 11.1. The average Bonchev–Trinajstić information content (AvgIpc) is 2.41. The molecule has 0 saturated carbocycles. The zero-order chi connectivity index (χ0) is 14.5. The van der Waals surface area contributed by atoms with Gasteiger partial charge in [0.15, 0.2) is 0 Å². The molecule has 0 atom stereocenters. The van der Waals surface area contributed by atoms with Crippen molar-refractivity contribution >= 4 is 24.0 Å². The maximum absolute atomic E-state index is 12.1. The summed E-state index contributed by atoms with van der Waals surface area (Å²) in [7, 11) is 0. The van der Waals surface area contributed by atoms with Crippen LogP contribution >= 0.6 is 12.2 Å². The van der Waals surface area contributed by atoms with Crippen LogP contribution in [0.15, 0.2) is 18.3 Å². The summed E-state index contributed by atoms with van der Waals surface area (Å²) in [5.74, 6) is -0.469. The first-order valence-electron chi connectivity index (χ1n) is 6.55. The van der Waals surface area contributed by atoms with Gasteiger partial charge in [0.05, 0.1) is 12.1 Å². The SMILES string of the molecule is NC(=O)CN1CCC(NC(=O)c2ccc[nH]c2=S)CC1. The van der Waals surface area contributed by atoms with Crippen molar-refractivity contribution in [3.8, 4) is 0 Å². The second kappa shape index (κ2) is 6.62. The summed E-state index contributed by atoms with van der Waals surface area (Å²) >= 11 is 5.09. The Labute approximate surface area is 122 Å². The Bertz CT molecular complexity index is 549. The van der Waals surface area contributed by atoms with Gasteiger partial charge >= 0.3 is 0 Å². The lowest BCUT2D eigenvalue weighted by atomic mass is 10.0. The van der Waals surface area contributed by atoms with Gasteiger partial charge in [-0.05, 0) is 25.0 Å². The largest absolute Gasteiger partial charge is 0.369 e. The third-order valence-electron chi connectivity index (χ3n) is 3.37. The van der Waals surface area contributed by atoms with Crippen molar-refractivity contribution in [1.82, 2.24) is 15.2 Å². The van der Waals surface area contributed by atoms with E-state index in [1.807, 2.05) is 4.90 Å². The van der Waals surface area contributed by atoms with Crippen LogP contribution in [0.1, 0.15) is 23.2 Å². The van der Waals surface area contributed by atoms with E-state index in [0.717, 1.165) is 25.9 Å². The van der Waals surface area contributed by atoms with E-state index in [2.05, 4.69) is 10.3 Å². The van der Waals surface area contributed by atoms with Crippen molar-refractivity contribution in [1.29, 1.82) is 0 Å². The fourth-order valence-corrected chi connectivity index (χ4v) is 2.55. The van der Waals surface area contributed by atoms with E-state index in [1.54, 1.807) is 18.3 Å². The van der Waals surface area contributed by atoms with Crippen LogP contribution in [0.4, 0.5) is 0 Å². The first kappa shape index (κ1) is 14.7. The van der Waals surface area contributed by atoms with Crippen LogP contribution in [0.2, 0.25) is 0 Å². The van der Waals surface area contributed by atoms with Crippen molar-refractivity contribution in [2.24, 2.45) is 5.73 Å². The quantitative estimate of drug-likeness (QED) is 0.702. The van der Waals surface area contributed by atoms with Crippen molar-refractivity contribution in [2.45, 2.75) is 18.9 Å². The van der Waals surface area contributed by atoms with Gasteiger partial charge in [-0.15, -0.1) is 0 Å². The Morgan fingerprint density at radius 3 is 2.75 bits per heavy atom. The molecular formula is C13H18N4O2S. The maximum Gasteiger partial charge on any atom is 0.254 e. The minimum atomic E-state index is -0.317. The Morgan fingerprint density at radius 1 is 1.45 bits per heavy atom. The summed E-state index contributed by atoms with van der Waals surface area (Å²) in [5.41, 5.74) is 5.65. The first-order chi connectivity index (χ1) is 9.56. The molecule has 0 aromatic carbocycles. The third kappa shape index (κ3) is 3.88. The van der Waals surface area contributed by atoms with E-state index in [0.29, 0.717) is 10.2 Å². The predicted molar refractivity (Wildman–Crippen MR) is 77.7 cm³/mol. The van der Waals surface area contributed by atoms with Gasteiger partial charge in [0, 0.05) is 25.3 Å². The van der Waals surface area contributed by atoms with Gasteiger partial charge in [-0.25, -0.2) is 0 Å². The van der Waals surface area contributed by atoms with Crippen LogP contribution in [-0.2, 0) is 4.79 Å². The maximum atomic E-state index is 12.1. The smallest absolute Gasteiger partial charge is 0.254 e. The molecule has 1 aromatic heterocycles. The molecule has 1 saturated heterocycles. The van der Waals surface area contributed by atoms with E-state index in [-0.39, 0.29) is 24.4 Å².